The molecule has 1 atom stereocenters. The lowest BCUT2D eigenvalue weighted by molar-refractivity contribution is -0.119. The van der Waals surface area contributed by atoms with Gasteiger partial charge in [0.25, 0.3) is 0 Å². The van der Waals surface area contributed by atoms with E-state index in [-0.39, 0.29) is 49.0 Å². The van der Waals surface area contributed by atoms with Gasteiger partial charge in [0.15, 0.2) is 5.96 Å². The number of aliphatic hydroxyl groups excluding tert-OH is 1. The van der Waals surface area contributed by atoms with Crippen molar-refractivity contribution in [3.8, 4) is 0 Å². The largest absolute Gasteiger partial charge is 0.396 e. The zero-order chi connectivity index (χ0) is 17.6. The standard InChI is InChI=1S/C17H28N4O3.HI/c1-3-18-17(21-12-16(23)19-9-10-24-2)20-11-15(13-22)14-7-5-4-6-8-14;/h4-8,15,22H,3,9-13H2,1-2H3,(H,19,23)(H2,18,20,21);1H. The van der Waals surface area contributed by atoms with E-state index in [2.05, 4.69) is 20.9 Å². The molecule has 1 aromatic carbocycles. The topological polar surface area (TPSA) is 95.0 Å². The lowest BCUT2D eigenvalue weighted by Gasteiger charge is -2.18. The fourth-order valence-corrected chi connectivity index (χ4v) is 2.07. The zero-order valence-electron chi connectivity index (χ0n) is 14.8. The number of carbonyl (C=O) groups excluding carboxylic acids is 1. The molecule has 0 aliphatic carbocycles. The molecular weight excluding hydrogens is 435 g/mol. The van der Waals surface area contributed by atoms with Crippen molar-refractivity contribution in [3.63, 3.8) is 0 Å². The van der Waals surface area contributed by atoms with Gasteiger partial charge < -0.3 is 25.8 Å². The van der Waals surface area contributed by atoms with Crippen molar-refractivity contribution in [2.45, 2.75) is 12.8 Å². The van der Waals surface area contributed by atoms with Gasteiger partial charge in [0.05, 0.1) is 13.2 Å². The Bertz CT molecular complexity index is 500. The number of nitrogens with zero attached hydrogens (tertiary/aromatic N) is 1. The monoisotopic (exact) mass is 464 g/mol. The fraction of sp³-hybridized carbons (Fsp3) is 0.529. The molecule has 1 amide bonds. The molecular formula is C17H29IN4O3. The molecule has 0 radical (unpaired) electrons. The maximum atomic E-state index is 11.7. The Kier molecular flexibility index (Phi) is 14.1. The SMILES string of the molecule is CCNC(=NCC(=O)NCCOC)NCC(CO)c1ccccc1.I. The van der Waals surface area contributed by atoms with Crippen molar-refractivity contribution in [2.24, 2.45) is 4.99 Å². The number of ether oxygens (including phenoxy) is 1. The van der Waals surface area contributed by atoms with E-state index in [1.165, 1.54) is 0 Å². The highest BCUT2D eigenvalue weighted by molar-refractivity contribution is 14.0. The minimum absolute atomic E-state index is 0. The first kappa shape index (κ1) is 23.6. The highest BCUT2D eigenvalue weighted by atomic mass is 127. The quantitative estimate of drug-likeness (QED) is 0.177. The molecule has 142 valence electrons. The number of halogens is 1. The average Bonchev–Trinajstić information content (AvgIpc) is 2.61. The number of methoxy groups -OCH3 is 1. The molecule has 0 aromatic heterocycles. The van der Waals surface area contributed by atoms with Gasteiger partial charge in [-0.25, -0.2) is 4.99 Å². The Morgan fingerprint density at radius 2 is 1.96 bits per heavy atom. The van der Waals surface area contributed by atoms with Gasteiger partial charge in [0.2, 0.25) is 5.91 Å². The van der Waals surface area contributed by atoms with Crippen LogP contribution < -0.4 is 16.0 Å². The first-order valence-electron chi connectivity index (χ1n) is 8.14. The fourth-order valence-electron chi connectivity index (χ4n) is 2.07. The highest BCUT2D eigenvalue weighted by Gasteiger charge is 2.11. The van der Waals surface area contributed by atoms with Crippen LogP contribution >= 0.6 is 24.0 Å². The summed E-state index contributed by atoms with van der Waals surface area (Å²) in [6.45, 7) is 4.18. The van der Waals surface area contributed by atoms with Gasteiger partial charge in [0.1, 0.15) is 6.54 Å². The first-order valence-corrected chi connectivity index (χ1v) is 8.14. The lowest BCUT2D eigenvalue weighted by Crippen LogP contribution is -2.41. The Balaban J connectivity index is 0.00000576. The van der Waals surface area contributed by atoms with E-state index in [1.807, 2.05) is 37.3 Å². The normalized spacial score (nSPS) is 12.0. The summed E-state index contributed by atoms with van der Waals surface area (Å²) in [5, 5.41) is 18.6. The number of guanidine groups is 1. The molecule has 1 rings (SSSR count). The second-order valence-electron chi connectivity index (χ2n) is 5.21. The van der Waals surface area contributed by atoms with Crippen LogP contribution in [0.15, 0.2) is 35.3 Å². The number of carbonyl (C=O) groups is 1. The van der Waals surface area contributed by atoms with E-state index in [0.717, 1.165) is 5.56 Å². The van der Waals surface area contributed by atoms with Crippen LogP contribution in [0.25, 0.3) is 0 Å². The summed E-state index contributed by atoms with van der Waals surface area (Å²) in [7, 11) is 1.59. The third-order valence-electron chi connectivity index (χ3n) is 3.36. The summed E-state index contributed by atoms with van der Waals surface area (Å²) in [6.07, 6.45) is 0. The zero-order valence-corrected chi connectivity index (χ0v) is 17.2. The van der Waals surface area contributed by atoms with Crippen molar-refractivity contribution < 1.29 is 14.6 Å². The minimum atomic E-state index is -0.161. The molecule has 25 heavy (non-hydrogen) atoms. The summed E-state index contributed by atoms with van der Waals surface area (Å²) in [5.74, 6) is 0.352. The van der Waals surface area contributed by atoms with Crippen LogP contribution in [0.5, 0.6) is 0 Å². The van der Waals surface area contributed by atoms with Crippen LogP contribution in [-0.4, -0.2) is 63.5 Å². The van der Waals surface area contributed by atoms with Crippen molar-refractivity contribution >= 4 is 35.8 Å². The predicted molar refractivity (Wildman–Crippen MR) is 111 cm³/mol. The highest BCUT2D eigenvalue weighted by Crippen LogP contribution is 2.13. The molecule has 0 spiro atoms. The number of hydrogen-bond donors (Lipinski definition) is 4. The van der Waals surface area contributed by atoms with Crippen LogP contribution in [-0.2, 0) is 9.53 Å². The molecule has 7 nitrogen and oxygen atoms in total. The minimum Gasteiger partial charge on any atom is -0.396 e. The van der Waals surface area contributed by atoms with Crippen molar-refractivity contribution in [1.29, 1.82) is 0 Å². The van der Waals surface area contributed by atoms with E-state index in [1.54, 1.807) is 7.11 Å². The number of hydrogen-bond acceptors (Lipinski definition) is 4. The van der Waals surface area contributed by atoms with Crippen LogP contribution in [0.2, 0.25) is 0 Å². The van der Waals surface area contributed by atoms with Crippen molar-refractivity contribution in [3.05, 3.63) is 35.9 Å². The molecule has 4 N–H and O–H groups in total. The molecule has 0 bridgehead atoms. The average molecular weight is 464 g/mol. The molecule has 0 saturated carbocycles. The van der Waals surface area contributed by atoms with Gasteiger partial charge in [-0.1, -0.05) is 30.3 Å². The van der Waals surface area contributed by atoms with Gasteiger partial charge >= 0.3 is 0 Å². The summed E-state index contributed by atoms with van der Waals surface area (Å²) < 4.78 is 4.88. The maximum Gasteiger partial charge on any atom is 0.241 e. The number of amides is 1. The third-order valence-corrected chi connectivity index (χ3v) is 3.36. The van der Waals surface area contributed by atoms with Gasteiger partial charge in [-0.05, 0) is 12.5 Å². The number of rotatable bonds is 10. The number of benzene rings is 1. The molecule has 0 saturated heterocycles. The van der Waals surface area contributed by atoms with Crippen LogP contribution in [0.1, 0.15) is 18.4 Å². The first-order chi connectivity index (χ1) is 11.7. The van der Waals surface area contributed by atoms with Crippen LogP contribution in [0.3, 0.4) is 0 Å². The molecule has 0 aliphatic rings. The maximum absolute atomic E-state index is 11.7. The van der Waals surface area contributed by atoms with Gasteiger partial charge in [-0.15, -0.1) is 24.0 Å². The lowest BCUT2D eigenvalue weighted by atomic mass is 10.0. The third kappa shape index (κ3) is 10.3. The Morgan fingerprint density at radius 1 is 1.24 bits per heavy atom. The summed E-state index contributed by atoms with van der Waals surface area (Å²) in [5.41, 5.74) is 1.06. The van der Waals surface area contributed by atoms with Crippen LogP contribution in [0, 0.1) is 0 Å². The van der Waals surface area contributed by atoms with Gasteiger partial charge in [-0.2, -0.15) is 0 Å². The Hall–Kier alpha value is -1.39. The van der Waals surface area contributed by atoms with Crippen molar-refractivity contribution in [2.75, 3.05) is 46.5 Å². The second-order valence-corrected chi connectivity index (χ2v) is 5.21. The van der Waals surface area contributed by atoms with E-state index in [9.17, 15) is 9.90 Å². The summed E-state index contributed by atoms with van der Waals surface area (Å²) >= 11 is 0. The Labute approximate surface area is 166 Å². The van der Waals surface area contributed by atoms with Gasteiger partial charge in [-0.3, -0.25) is 4.79 Å². The number of aliphatic hydroxyl groups is 1. The van der Waals surface area contributed by atoms with Gasteiger partial charge in [0, 0.05) is 32.7 Å². The molecule has 1 aromatic rings. The Morgan fingerprint density at radius 3 is 2.56 bits per heavy atom. The van der Waals surface area contributed by atoms with E-state index < -0.39 is 0 Å². The molecule has 8 heteroatoms. The summed E-state index contributed by atoms with van der Waals surface area (Å²) in [6, 6.07) is 9.80. The smallest absolute Gasteiger partial charge is 0.241 e. The van der Waals surface area contributed by atoms with Crippen LogP contribution in [0.4, 0.5) is 0 Å². The second kappa shape index (κ2) is 14.9. The molecule has 1 unspecified atom stereocenters. The van der Waals surface area contributed by atoms with Crippen molar-refractivity contribution in [1.82, 2.24) is 16.0 Å². The molecule has 0 fully saturated rings. The molecule has 0 heterocycles. The van der Waals surface area contributed by atoms with E-state index >= 15 is 0 Å². The number of nitrogens with one attached hydrogen (secondary N) is 3. The summed E-state index contributed by atoms with van der Waals surface area (Å²) in [4.78, 5) is 15.9. The molecule has 0 aliphatic heterocycles. The van der Waals surface area contributed by atoms with E-state index in [0.29, 0.717) is 32.2 Å². The van der Waals surface area contributed by atoms with E-state index in [4.69, 9.17) is 4.74 Å². The number of aliphatic imine (C=N–C) groups is 1. The predicted octanol–water partition coefficient (Wildman–Crippen LogP) is 0.698.